The van der Waals surface area contributed by atoms with Crippen molar-refractivity contribution < 1.29 is 33.4 Å². The van der Waals surface area contributed by atoms with Gasteiger partial charge in [-0.1, -0.05) is 85.2 Å². The van der Waals surface area contributed by atoms with E-state index in [1.54, 1.807) is 38.0 Å². The smallest absolute Gasteiger partial charge is 0.245 e. The van der Waals surface area contributed by atoms with Gasteiger partial charge < -0.3 is 35.2 Å². The number of methoxy groups -OCH3 is 2. The van der Waals surface area contributed by atoms with Crippen LogP contribution in [0.2, 0.25) is 0 Å². The third-order valence-corrected chi connectivity index (χ3v) is 11.5. The number of ether oxygens (including phenoxy) is 2. The average Bonchev–Trinajstić information content (AvgIpc) is 3.62. The molecule has 0 spiro atoms. The number of carbonyl (C=O) groups is 5. The third kappa shape index (κ3) is 12.6. The van der Waals surface area contributed by atoms with Crippen molar-refractivity contribution in [3.05, 3.63) is 35.9 Å². The van der Waals surface area contributed by atoms with Crippen LogP contribution < -0.4 is 16.0 Å². The van der Waals surface area contributed by atoms with Gasteiger partial charge in [0.2, 0.25) is 29.5 Å². The minimum Gasteiger partial charge on any atom is -0.379 e. The number of likely N-dealkylation sites (tertiary alicyclic amines) is 1. The summed E-state index contributed by atoms with van der Waals surface area (Å²) in [5.74, 6) is -2.09. The molecule has 1 saturated heterocycles. The highest BCUT2D eigenvalue weighted by Crippen LogP contribution is 2.30. The lowest BCUT2D eigenvalue weighted by molar-refractivity contribution is -0.148. The molecule has 13 nitrogen and oxygen atoms in total. The van der Waals surface area contributed by atoms with Gasteiger partial charge in [-0.25, -0.2) is 3.11 Å². The van der Waals surface area contributed by atoms with Crippen LogP contribution in [0.25, 0.3) is 0 Å². The van der Waals surface area contributed by atoms with Gasteiger partial charge in [0.1, 0.15) is 18.1 Å². The van der Waals surface area contributed by atoms with Crippen molar-refractivity contribution in [1.82, 2.24) is 28.9 Å². The van der Waals surface area contributed by atoms with Gasteiger partial charge in [0.05, 0.1) is 36.6 Å². The van der Waals surface area contributed by atoms with Crippen LogP contribution in [0.3, 0.4) is 0 Å². The minimum absolute atomic E-state index is 0.0141. The van der Waals surface area contributed by atoms with E-state index >= 15 is 0 Å². The number of likely N-dealkylation sites (N-methyl/N-ethyl adjacent to an activating group) is 3. The summed E-state index contributed by atoms with van der Waals surface area (Å²) in [4.78, 5) is 71.8. The van der Waals surface area contributed by atoms with Gasteiger partial charge in [-0.15, -0.1) is 0 Å². The molecule has 2 rings (SSSR count). The SMILES string of the molecule is CC[C@H](C)[C@@H]([C@@H](CC(=O)N1CCC[C@H]1[C@H](OC)[C@@H](C)C(=O)N[C@@H](Cc1ccccc1)C(=O)NC)OC)N(C)C(=O)[C@@H](NC(=O)[C@H](C(C)C)N(C)I)C(C)C. The lowest BCUT2D eigenvalue weighted by Gasteiger charge is -2.41. The van der Waals surface area contributed by atoms with Gasteiger partial charge in [0, 0.05) is 64.1 Å². The molecule has 0 radical (unpaired) electrons. The second kappa shape index (κ2) is 22.7. The monoisotopic (exact) mass is 870 g/mol. The van der Waals surface area contributed by atoms with Gasteiger partial charge in [-0.3, -0.25) is 24.0 Å². The van der Waals surface area contributed by atoms with E-state index < -0.39 is 42.3 Å². The Labute approximate surface area is 337 Å². The maximum Gasteiger partial charge on any atom is 0.245 e. The lowest BCUT2D eigenvalue weighted by atomic mass is 9.89. The number of rotatable bonds is 21. The molecule has 1 aromatic carbocycles. The summed E-state index contributed by atoms with van der Waals surface area (Å²) in [5.41, 5.74) is 0.916. The molecule has 1 heterocycles. The topological polar surface area (TPSA) is 150 Å². The zero-order chi connectivity index (χ0) is 40.9. The van der Waals surface area contributed by atoms with Gasteiger partial charge in [-0.05, 0) is 43.2 Å². The molecule has 1 aliphatic heterocycles. The molecule has 0 bridgehead atoms. The number of hydrogen-bond acceptors (Lipinski definition) is 8. The van der Waals surface area contributed by atoms with E-state index in [2.05, 4.69) is 38.8 Å². The Bertz CT molecular complexity index is 1360. The first-order valence-electron chi connectivity index (χ1n) is 19.3. The Morgan fingerprint density at radius 2 is 1.54 bits per heavy atom. The van der Waals surface area contributed by atoms with Crippen LogP contribution >= 0.6 is 22.9 Å². The number of nitrogens with zero attached hydrogens (tertiary/aromatic N) is 3. The summed E-state index contributed by atoms with van der Waals surface area (Å²) in [6.07, 6.45) is 1.20. The van der Waals surface area contributed by atoms with E-state index in [0.717, 1.165) is 18.4 Å². The first-order valence-corrected chi connectivity index (χ1v) is 20.3. The van der Waals surface area contributed by atoms with Crippen LogP contribution in [-0.4, -0.2) is 127 Å². The normalized spacial score (nSPS) is 19.0. The molecular weight excluding hydrogens is 803 g/mol. The predicted molar refractivity (Wildman–Crippen MR) is 219 cm³/mol. The van der Waals surface area contributed by atoms with Crippen LogP contribution in [0.1, 0.15) is 79.7 Å². The van der Waals surface area contributed by atoms with Crippen molar-refractivity contribution in [3.63, 3.8) is 0 Å². The summed E-state index contributed by atoms with van der Waals surface area (Å²) in [5, 5.41) is 8.60. The first kappa shape index (κ1) is 47.3. The molecular formula is C40H67IN6O7. The Hall–Kier alpha value is -2.82. The molecule has 0 aromatic heterocycles. The van der Waals surface area contributed by atoms with Crippen LogP contribution in [0, 0.1) is 23.7 Å². The Balaban J connectivity index is 2.29. The van der Waals surface area contributed by atoms with E-state index in [9.17, 15) is 24.0 Å². The quantitative estimate of drug-likeness (QED) is 0.125. The van der Waals surface area contributed by atoms with Crippen LogP contribution in [0.15, 0.2) is 30.3 Å². The summed E-state index contributed by atoms with van der Waals surface area (Å²) in [7, 11) is 8.20. The first-order chi connectivity index (χ1) is 25.4. The summed E-state index contributed by atoms with van der Waals surface area (Å²) in [6.45, 7) is 14.1. The van der Waals surface area contributed by atoms with Gasteiger partial charge in [0.25, 0.3) is 0 Å². The van der Waals surface area contributed by atoms with Crippen LogP contribution in [0.5, 0.6) is 0 Å². The number of nitrogens with one attached hydrogen (secondary N) is 3. The molecule has 14 heteroatoms. The van der Waals surface area contributed by atoms with E-state index in [0.29, 0.717) is 19.4 Å². The summed E-state index contributed by atoms with van der Waals surface area (Å²) >= 11 is 2.10. The largest absolute Gasteiger partial charge is 0.379 e. The highest BCUT2D eigenvalue weighted by Gasteiger charge is 2.43. The summed E-state index contributed by atoms with van der Waals surface area (Å²) in [6, 6.07) is 6.70. The molecule has 0 unspecified atom stereocenters. The Kier molecular flexibility index (Phi) is 19.9. The molecule has 1 fully saturated rings. The van der Waals surface area contributed by atoms with E-state index in [-0.39, 0.29) is 59.8 Å². The Morgan fingerprint density at radius 1 is 0.907 bits per heavy atom. The third-order valence-electron chi connectivity index (χ3n) is 10.9. The fourth-order valence-corrected chi connectivity index (χ4v) is 8.59. The number of halogens is 1. The molecule has 54 heavy (non-hydrogen) atoms. The number of hydrogen-bond donors (Lipinski definition) is 3. The molecule has 1 aromatic rings. The second-order valence-electron chi connectivity index (χ2n) is 15.4. The lowest BCUT2D eigenvalue weighted by Crippen LogP contribution is -2.59. The van der Waals surface area contributed by atoms with Crippen LogP contribution in [0.4, 0.5) is 0 Å². The molecule has 3 N–H and O–H groups in total. The van der Waals surface area contributed by atoms with Crippen molar-refractivity contribution in [1.29, 1.82) is 0 Å². The fourth-order valence-electron chi connectivity index (χ4n) is 7.69. The van der Waals surface area contributed by atoms with Crippen molar-refractivity contribution in [3.8, 4) is 0 Å². The highest BCUT2D eigenvalue weighted by molar-refractivity contribution is 14.1. The molecule has 9 atom stereocenters. The summed E-state index contributed by atoms with van der Waals surface area (Å²) < 4.78 is 13.8. The van der Waals surface area contributed by atoms with Gasteiger partial charge in [-0.2, -0.15) is 0 Å². The van der Waals surface area contributed by atoms with Gasteiger partial charge >= 0.3 is 0 Å². The van der Waals surface area contributed by atoms with Crippen molar-refractivity contribution in [2.45, 2.75) is 123 Å². The van der Waals surface area contributed by atoms with E-state index in [1.165, 1.54) is 7.05 Å². The minimum atomic E-state index is -0.779. The van der Waals surface area contributed by atoms with E-state index in [1.807, 2.05) is 82.0 Å². The Morgan fingerprint density at radius 3 is 2.04 bits per heavy atom. The second-order valence-corrected chi connectivity index (χ2v) is 16.9. The van der Waals surface area contributed by atoms with Crippen molar-refractivity contribution >= 4 is 52.4 Å². The number of amides is 5. The van der Waals surface area contributed by atoms with Crippen molar-refractivity contribution in [2.24, 2.45) is 23.7 Å². The standard InChI is InChI=1S/C40H67IN6O7/c1-13-26(6)35(45(9)40(52)33(24(2)3)44-39(51)34(25(4)5)46(10)41)31(53-11)23-32(48)47-21-17-20-30(47)36(54-12)27(7)37(49)43-29(38(50)42-8)22-28-18-15-14-16-19-28/h14-16,18-19,24-27,29-31,33-36H,13,17,20-23H2,1-12H3,(H,42,50)(H,43,49)(H,44,51)/t26-,27+,29-,30-,31+,33-,34-,35-,36+/m0/s1. The number of benzene rings is 1. The molecule has 306 valence electrons. The molecule has 1 aliphatic rings. The highest BCUT2D eigenvalue weighted by atomic mass is 127. The van der Waals surface area contributed by atoms with E-state index in [4.69, 9.17) is 9.47 Å². The molecule has 5 amide bonds. The van der Waals surface area contributed by atoms with Crippen molar-refractivity contribution in [2.75, 3.05) is 41.9 Å². The maximum absolute atomic E-state index is 14.2. The number of carbonyl (C=O) groups excluding carboxylic acids is 5. The predicted octanol–water partition coefficient (Wildman–Crippen LogP) is 3.83. The molecule has 0 saturated carbocycles. The molecule has 0 aliphatic carbocycles. The van der Waals surface area contributed by atoms with Gasteiger partial charge in [0.15, 0.2) is 0 Å². The zero-order valence-electron chi connectivity index (χ0n) is 34.6. The van der Waals surface area contributed by atoms with Crippen LogP contribution in [-0.2, 0) is 39.9 Å². The fraction of sp³-hybridized carbons (Fsp3) is 0.725. The average molecular weight is 871 g/mol. The maximum atomic E-state index is 14.2. The zero-order valence-corrected chi connectivity index (χ0v) is 36.7.